The maximum atomic E-state index is 14.1. The van der Waals surface area contributed by atoms with Crippen molar-refractivity contribution in [2.45, 2.75) is 119 Å². The van der Waals surface area contributed by atoms with Crippen LogP contribution in [-0.2, 0) is 9.53 Å². The molecule has 0 saturated heterocycles. The van der Waals surface area contributed by atoms with Crippen LogP contribution in [0.3, 0.4) is 0 Å². The number of aliphatic hydroxyl groups is 1. The molecule has 1 unspecified atom stereocenters. The van der Waals surface area contributed by atoms with Crippen molar-refractivity contribution < 1.29 is 14.6 Å². The van der Waals surface area contributed by atoms with Crippen LogP contribution in [0, 0.1) is 50.2 Å². The van der Waals surface area contributed by atoms with Crippen LogP contribution < -0.4 is 0 Å². The van der Waals surface area contributed by atoms with Gasteiger partial charge in [-0.05, 0) is 109 Å². The second kappa shape index (κ2) is 7.36. The lowest BCUT2D eigenvalue weighted by atomic mass is 9.33. The zero-order valence-electron chi connectivity index (χ0n) is 23.2. The number of methoxy groups -OCH3 is 1. The van der Waals surface area contributed by atoms with E-state index in [0.717, 1.165) is 44.9 Å². The van der Waals surface area contributed by atoms with E-state index in [1.54, 1.807) is 7.11 Å². The first kappa shape index (κ1) is 24.8. The molecule has 5 rings (SSSR count). The summed E-state index contributed by atoms with van der Waals surface area (Å²) >= 11 is 0. The quantitative estimate of drug-likeness (QED) is 0.322. The summed E-state index contributed by atoms with van der Waals surface area (Å²) in [5.74, 6) is 1.47. The number of rotatable bonds is 1. The van der Waals surface area contributed by atoms with Gasteiger partial charge in [0.25, 0.3) is 0 Å². The van der Waals surface area contributed by atoms with Gasteiger partial charge in [0.15, 0.2) is 0 Å². The Balaban J connectivity index is 1.66. The maximum Gasteiger partial charge on any atom is 0.316 e. The molecule has 3 nitrogen and oxygen atoms in total. The fourth-order valence-electron chi connectivity index (χ4n) is 10.8. The van der Waals surface area contributed by atoms with Crippen molar-refractivity contribution in [2.75, 3.05) is 7.11 Å². The Morgan fingerprint density at radius 3 is 2.26 bits per heavy atom. The second-order valence-corrected chi connectivity index (χ2v) is 15.3. The van der Waals surface area contributed by atoms with Crippen LogP contribution >= 0.6 is 0 Å². The molecule has 0 aromatic carbocycles. The van der Waals surface area contributed by atoms with Crippen molar-refractivity contribution >= 4 is 5.97 Å². The van der Waals surface area contributed by atoms with Crippen molar-refractivity contribution in [3.05, 3.63) is 11.6 Å². The van der Waals surface area contributed by atoms with E-state index in [2.05, 4.69) is 54.5 Å². The Bertz CT molecular complexity index is 900. The molecule has 8 atom stereocenters. The molecule has 1 N–H and O–H groups in total. The largest absolute Gasteiger partial charge is 0.468 e. The molecule has 5 aliphatic carbocycles. The van der Waals surface area contributed by atoms with E-state index in [4.69, 9.17) is 4.74 Å². The summed E-state index contributed by atoms with van der Waals surface area (Å²) < 4.78 is 5.74. The van der Waals surface area contributed by atoms with Crippen molar-refractivity contribution in [1.82, 2.24) is 0 Å². The van der Waals surface area contributed by atoms with E-state index in [1.165, 1.54) is 24.8 Å². The number of allylic oxidation sites excluding steroid dienone is 1. The molecule has 4 fully saturated rings. The average molecular weight is 471 g/mol. The molecule has 192 valence electrons. The lowest BCUT2D eigenvalue weighted by Crippen LogP contribution is -2.67. The fraction of sp³-hybridized carbons (Fsp3) is 0.903. The van der Waals surface area contributed by atoms with Gasteiger partial charge in [0, 0.05) is 0 Å². The molecule has 3 heteroatoms. The lowest BCUT2D eigenvalue weighted by Gasteiger charge is -2.70. The van der Waals surface area contributed by atoms with Crippen LogP contribution in [0.4, 0.5) is 0 Å². The Kier molecular flexibility index (Phi) is 5.38. The zero-order chi connectivity index (χ0) is 24.9. The predicted octanol–water partition coefficient (Wildman–Crippen LogP) is 7.32. The number of carbonyl (C=O) groups excluding carboxylic acids is 1. The number of esters is 1. The predicted molar refractivity (Wildman–Crippen MR) is 137 cm³/mol. The van der Waals surface area contributed by atoms with Gasteiger partial charge in [-0.3, -0.25) is 4.79 Å². The van der Waals surface area contributed by atoms with E-state index in [-0.39, 0.29) is 28.3 Å². The Labute approximate surface area is 208 Å². The van der Waals surface area contributed by atoms with Gasteiger partial charge in [0.05, 0.1) is 18.6 Å². The Morgan fingerprint density at radius 1 is 0.912 bits per heavy atom. The number of aliphatic hydroxyl groups excluding tert-OH is 1. The lowest BCUT2D eigenvalue weighted by molar-refractivity contribution is -0.215. The molecular formula is C31H50O3. The molecule has 0 heterocycles. The molecule has 0 amide bonds. The molecule has 0 aromatic heterocycles. The van der Waals surface area contributed by atoms with Crippen molar-refractivity contribution in [3.8, 4) is 0 Å². The maximum absolute atomic E-state index is 14.1. The van der Waals surface area contributed by atoms with Crippen molar-refractivity contribution in [2.24, 2.45) is 50.2 Å². The van der Waals surface area contributed by atoms with Crippen molar-refractivity contribution in [1.29, 1.82) is 0 Å². The van der Waals surface area contributed by atoms with E-state index in [0.29, 0.717) is 28.6 Å². The van der Waals surface area contributed by atoms with Crippen LogP contribution in [0.15, 0.2) is 11.6 Å². The highest BCUT2D eigenvalue weighted by Crippen LogP contribution is 2.76. The topological polar surface area (TPSA) is 46.5 Å². The molecule has 4 saturated carbocycles. The fourth-order valence-corrected chi connectivity index (χ4v) is 10.8. The normalized spacial score (nSPS) is 51.1. The summed E-state index contributed by atoms with van der Waals surface area (Å²) in [6.07, 6.45) is 13.3. The molecular weight excluding hydrogens is 420 g/mol. The van der Waals surface area contributed by atoms with Gasteiger partial charge in [-0.2, -0.15) is 0 Å². The first-order chi connectivity index (χ1) is 15.7. The molecule has 5 aliphatic rings. The van der Waals surface area contributed by atoms with Gasteiger partial charge >= 0.3 is 5.97 Å². The Morgan fingerprint density at radius 2 is 1.59 bits per heavy atom. The van der Waals surface area contributed by atoms with Gasteiger partial charge in [0.1, 0.15) is 0 Å². The standard InChI is InChI=1S/C31H50O3/c1-26(2)15-16-28(5)17-18-31(25(33)34-8)20(21(28)19-26)9-10-23-29(6)13-12-24(32)27(3,4)22(29)11-14-30(23,31)7/h9,21-24,32H,10-19H2,1-8H3/t21-,22?,23+,24-,28+,29-,30+,31+/m0/s1. The molecule has 0 aromatic rings. The van der Waals surface area contributed by atoms with Gasteiger partial charge in [-0.1, -0.05) is 60.1 Å². The van der Waals surface area contributed by atoms with Crippen LogP contribution in [0.1, 0.15) is 113 Å². The third-order valence-electron chi connectivity index (χ3n) is 13.0. The first-order valence-corrected chi connectivity index (χ1v) is 14.2. The van der Waals surface area contributed by atoms with E-state index in [1.807, 2.05) is 0 Å². The molecule has 0 spiro atoms. The SMILES string of the molecule is COC(=O)[C@@]12CC[C@@]3(C)CCC(C)(C)C[C@H]3C1=CC[C@@H]1[C@@]3(C)CC[C@H](O)C(C)(C)C3CC[C@]12C. The minimum absolute atomic E-state index is 0.0357. The highest BCUT2D eigenvalue weighted by Gasteiger charge is 2.71. The summed E-state index contributed by atoms with van der Waals surface area (Å²) in [6, 6.07) is 0. The number of hydrogen-bond donors (Lipinski definition) is 1. The number of ether oxygens (including phenoxy) is 1. The summed E-state index contributed by atoms with van der Waals surface area (Å²) in [6.45, 7) is 16.9. The van der Waals surface area contributed by atoms with Gasteiger partial charge in [-0.25, -0.2) is 0 Å². The minimum Gasteiger partial charge on any atom is -0.468 e. The van der Waals surface area contributed by atoms with E-state index < -0.39 is 5.41 Å². The van der Waals surface area contributed by atoms with Crippen LogP contribution in [-0.4, -0.2) is 24.3 Å². The summed E-state index contributed by atoms with van der Waals surface area (Å²) in [7, 11) is 1.62. The first-order valence-electron chi connectivity index (χ1n) is 14.2. The van der Waals surface area contributed by atoms with Gasteiger partial charge in [0.2, 0.25) is 0 Å². The monoisotopic (exact) mass is 470 g/mol. The van der Waals surface area contributed by atoms with E-state index >= 15 is 0 Å². The van der Waals surface area contributed by atoms with Crippen LogP contribution in [0.25, 0.3) is 0 Å². The highest BCUT2D eigenvalue weighted by atomic mass is 16.5. The molecule has 34 heavy (non-hydrogen) atoms. The molecule has 0 aliphatic heterocycles. The summed E-state index contributed by atoms with van der Waals surface area (Å²) in [5.41, 5.74) is 1.58. The summed E-state index contributed by atoms with van der Waals surface area (Å²) in [4.78, 5) is 14.1. The highest BCUT2D eigenvalue weighted by molar-refractivity contribution is 5.83. The van der Waals surface area contributed by atoms with Crippen molar-refractivity contribution in [3.63, 3.8) is 0 Å². The zero-order valence-corrected chi connectivity index (χ0v) is 23.2. The second-order valence-electron chi connectivity index (χ2n) is 15.3. The Hall–Kier alpha value is -0.830. The third kappa shape index (κ3) is 2.94. The van der Waals surface area contributed by atoms with Gasteiger partial charge < -0.3 is 9.84 Å². The smallest absolute Gasteiger partial charge is 0.316 e. The number of carbonyl (C=O) groups is 1. The third-order valence-corrected chi connectivity index (χ3v) is 13.0. The van der Waals surface area contributed by atoms with Crippen LogP contribution in [0.5, 0.6) is 0 Å². The number of hydrogen-bond acceptors (Lipinski definition) is 3. The molecule has 0 bridgehead atoms. The van der Waals surface area contributed by atoms with E-state index in [9.17, 15) is 9.90 Å². The average Bonchev–Trinajstić information content (AvgIpc) is 2.76. The number of fused-ring (bicyclic) bond motifs is 7. The van der Waals surface area contributed by atoms with Crippen LogP contribution in [0.2, 0.25) is 0 Å². The summed E-state index contributed by atoms with van der Waals surface area (Å²) in [5, 5.41) is 10.9. The minimum atomic E-state index is -0.490. The molecule has 0 radical (unpaired) electrons. The van der Waals surface area contributed by atoms with Gasteiger partial charge in [-0.15, -0.1) is 0 Å².